The summed E-state index contributed by atoms with van der Waals surface area (Å²) < 4.78 is 0. The molecule has 3 fully saturated rings. The van der Waals surface area contributed by atoms with Crippen molar-refractivity contribution in [1.82, 2.24) is 0 Å². The van der Waals surface area contributed by atoms with Crippen LogP contribution in [0.2, 0.25) is 0 Å². The van der Waals surface area contributed by atoms with E-state index in [1.165, 1.54) is 49.7 Å². The third kappa shape index (κ3) is 3.39. The molecule has 8 atom stereocenters. The molecule has 3 saturated carbocycles. The van der Waals surface area contributed by atoms with E-state index in [-0.39, 0.29) is 11.5 Å². The molecule has 162 valence electrons. The van der Waals surface area contributed by atoms with Gasteiger partial charge in [-0.2, -0.15) is 0 Å². The lowest BCUT2D eigenvalue weighted by Gasteiger charge is -2.56. The van der Waals surface area contributed by atoms with E-state index in [0.29, 0.717) is 23.7 Å². The van der Waals surface area contributed by atoms with Gasteiger partial charge in [0.2, 0.25) is 0 Å². The second-order valence-corrected chi connectivity index (χ2v) is 11.4. The predicted molar refractivity (Wildman–Crippen MR) is 120 cm³/mol. The van der Waals surface area contributed by atoms with Crippen LogP contribution in [0.3, 0.4) is 0 Å². The van der Waals surface area contributed by atoms with Crippen LogP contribution >= 0.6 is 0 Å². The van der Waals surface area contributed by atoms with Crippen molar-refractivity contribution in [2.45, 2.75) is 98.2 Å². The summed E-state index contributed by atoms with van der Waals surface area (Å²) in [5.41, 5.74) is 4.59. The molecule has 2 N–H and O–H groups in total. The number of aliphatic hydroxyl groups is 2. The number of rotatable bonds is 4. The zero-order valence-electron chi connectivity index (χ0n) is 19.2. The topological polar surface area (TPSA) is 40.5 Å². The number of hydrogen-bond acceptors (Lipinski definition) is 2. The van der Waals surface area contributed by atoms with E-state index >= 15 is 0 Å². The summed E-state index contributed by atoms with van der Waals surface area (Å²) >= 11 is 0. The van der Waals surface area contributed by atoms with Gasteiger partial charge >= 0.3 is 0 Å². The number of aliphatic hydroxyl groups excluding tert-OH is 2. The van der Waals surface area contributed by atoms with Gasteiger partial charge in [-0.25, -0.2) is 0 Å². The van der Waals surface area contributed by atoms with Crippen LogP contribution < -0.4 is 0 Å². The second-order valence-electron chi connectivity index (χ2n) is 11.4. The van der Waals surface area contributed by atoms with Crippen LogP contribution in [0.1, 0.15) is 86.0 Å². The monoisotopic (exact) mass is 398 g/mol. The van der Waals surface area contributed by atoms with E-state index in [0.717, 1.165) is 18.3 Å². The van der Waals surface area contributed by atoms with E-state index in [1.807, 2.05) is 0 Å². The summed E-state index contributed by atoms with van der Waals surface area (Å²) in [5.74, 6) is 2.73. The normalized spacial score (nSPS) is 44.7. The van der Waals surface area contributed by atoms with E-state index in [1.54, 1.807) is 5.57 Å². The zero-order chi connectivity index (χ0) is 21.0. The maximum Gasteiger partial charge on any atom is 0.0661 e. The standard InChI is InChI=1S/C27H42O2/c1-17(2)7-6-8-18(3)22-11-12-23-21-10-9-19-15-20(28)16-25(29)27(19,5)24(21)13-14-26(22,23)4/h7,9-10,18,20,22-25,28-29H,6,8,11-16H2,1-5H3/t18-,20-,22-,23+,24+,25+,26-,27+/m1/s1. The average molecular weight is 399 g/mol. The van der Waals surface area contributed by atoms with Gasteiger partial charge in [0.25, 0.3) is 0 Å². The highest BCUT2D eigenvalue weighted by atomic mass is 16.3. The summed E-state index contributed by atoms with van der Waals surface area (Å²) in [6, 6.07) is 0. The number of hydrogen-bond donors (Lipinski definition) is 2. The minimum absolute atomic E-state index is 0.169. The molecule has 2 nitrogen and oxygen atoms in total. The van der Waals surface area contributed by atoms with Gasteiger partial charge in [-0.15, -0.1) is 0 Å². The van der Waals surface area contributed by atoms with Crippen LogP contribution in [0.25, 0.3) is 0 Å². The first-order valence-electron chi connectivity index (χ1n) is 12.1. The Hall–Kier alpha value is -0.860. The van der Waals surface area contributed by atoms with E-state index in [2.05, 4.69) is 52.8 Å². The van der Waals surface area contributed by atoms with Crippen molar-refractivity contribution < 1.29 is 10.2 Å². The van der Waals surface area contributed by atoms with Gasteiger partial charge in [-0.1, -0.05) is 55.7 Å². The van der Waals surface area contributed by atoms with Crippen molar-refractivity contribution in [1.29, 1.82) is 0 Å². The molecule has 0 bridgehead atoms. The zero-order valence-corrected chi connectivity index (χ0v) is 19.2. The van der Waals surface area contributed by atoms with Gasteiger partial charge in [-0.3, -0.25) is 0 Å². The van der Waals surface area contributed by atoms with E-state index in [4.69, 9.17) is 0 Å². The second kappa shape index (κ2) is 7.68. The first-order chi connectivity index (χ1) is 13.7. The Balaban J connectivity index is 1.58. The van der Waals surface area contributed by atoms with Crippen LogP contribution in [-0.4, -0.2) is 22.4 Å². The van der Waals surface area contributed by atoms with Crippen molar-refractivity contribution in [3.63, 3.8) is 0 Å². The largest absolute Gasteiger partial charge is 0.393 e. The fourth-order valence-corrected chi connectivity index (χ4v) is 7.86. The van der Waals surface area contributed by atoms with Crippen molar-refractivity contribution in [2.24, 2.45) is 34.5 Å². The molecule has 0 heterocycles. The maximum absolute atomic E-state index is 11.0. The van der Waals surface area contributed by atoms with Crippen LogP contribution in [-0.2, 0) is 0 Å². The Morgan fingerprint density at radius 2 is 1.90 bits per heavy atom. The minimum Gasteiger partial charge on any atom is -0.393 e. The van der Waals surface area contributed by atoms with Crippen molar-refractivity contribution >= 4 is 0 Å². The Bertz CT molecular complexity index is 727. The molecule has 0 saturated heterocycles. The Kier molecular flexibility index (Phi) is 5.66. The fraction of sp³-hybridized carbons (Fsp3) is 0.778. The molecular weight excluding hydrogens is 356 g/mol. The third-order valence-electron chi connectivity index (χ3n) is 9.58. The Labute approximate surface area is 178 Å². The van der Waals surface area contributed by atoms with Crippen molar-refractivity contribution in [3.8, 4) is 0 Å². The summed E-state index contributed by atoms with van der Waals surface area (Å²) in [4.78, 5) is 0. The lowest BCUT2D eigenvalue weighted by atomic mass is 9.49. The molecule has 0 aromatic carbocycles. The van der Waals surface area contributed by atoms with Crippen LogP contribution in [0.5, 0.6) is 0 Å². The van der Waals surface area contributed by atoms with Gasteiger partial charge in [0.05, 0.1) is 12.2 Å². The summed E-state index contributed by atoms with van der Waals surface area (Å²) in [7, 11) is 0. The molecule has 4 rings (SSSR count). The van der Waals surface area contributed by atoms with Crippen molar-refractivity contribution in [2.75, 3.05) is 0 Å². The summed E-state index contributed by atoms with van der Waals surface area (Å²) in [5, 5.41) is 21.2. The van der Waals surface area contributed by atoms with Gasteiger partial charge in [0.15, 0.2) is 0 Å². The first-order valence-corrected chi connectivity index (χ1v) is 12.1. The SMILES string of the molecule is CC(C)=CCC[C@@H](C)[C@H]1CC[C@H]2C3=CC=C4C[C@@H](O)C[C@H](O)[C@]4(C)[C@H]3CC[C@]12C. The van der Waals surface area contributed by atoms with Crippen LogP contribution in [0.15, 0.2) is 34.9 Å². The maximum atomic E-state index is 11.0. The molecule has 4 aliphatic carbocycles. The van der Waals surface area contributed by atoms with E-state index < -0.39 is 6.10 Å². The van der Waals surface area contributed by atoms with Crippen LogP contribution in [0, 0.1) is 34.5 Å². The predicted octanol–water partition coefficient (Wildman–Crippen LogP) is 6.20. The molecule has 4 aliphatic rings. The molecule has 0 unspecified atom stereocenters. The van der Waals surface area contributed by atoms with Crippen LogP contribution in [0.4, 0.5) is 0 Å². The van der Waals surface area contributed by atoms with Gasteiger partial charge in [0, 0.05) is 11.8 Å². The quantitative estimate of drug-likeness (QED) is 0.554. The molecule has 0 spiro atoms. The molecule has 2 heteroatoms. The highest BCUT2D eigenvalue weighted by molar-refractivity contribution is 5.40. The summed E-state index contributed by atoms with van der Waals surface area (Å²) in [6.07, 6.45) is 15.2. The molecule has 0 aliphatic heterocycles. The first kappa shape index (κ1) is 21.4. The summed E-state index contributed by atoms with van der Waals surface area (Å²) in [6.45, 7) is 11.8. The molecule has 0 radical (unpaired) electrons. The number of allylic oxidation sites excluding steroid dienone is 5. The molecule has 0 aromatic heterocycles. The minimum atomic E-state index is -0.421. The smallest absolute Gasteiger partial charge is 0.0661 e. The molecule has 0 amide bonds. The fourth-order valence-electron chi connectivity index (χ4n) is 7.86. The number of fused-ring (bicyclic) bond motifs is 5. The molecular formula is C27H42O2. The van der Waals surface area contributed by atoms with Gasteiger partial charge in [-0.05, 0) is 87.9 Å². The van der Waals surface area contributed by atoms with Gasteiger partial charge < -0.3 is 10.2 Å². The van der Waals surface area contributed by atoms with Crippen molar-refractivity contribution in [3.05, 3.63) is 34.9 Å². The average Bonchev–Trinajstić information content (AvgIpc) is 3.00. The highest BCUT2D eigenvalue weighted by Gasteiger charge is 2.58. The lowest BCUT2D eigenvalue weighted by molar-refractivity contribution is -0.0544. The van der Waals surface area contributed by atoms with E-state index in [9.17, 15) is 10.2 Å². The molecule has 29 heavy (non-hydrogen) atoms. The molecule has 0 aromatic rings. The highest BCUT2D eigenvalue weighted by Crippen LogP contribution is 2.66. The lowest BCUT2D eigenvalue weighted by Crippen LogP contribution is -2.52. The Morgan fingerprint density at radius 1 is 1.14 bits per heavy atom. The van der Waals surface area contributed by atoms with Gasteiger partial charge in [0.1, 0.15) is 0 Å². The third-order valence-corrected chi connectivity index (χ3v) is 9.58. The Morgan fingerprint density at radius 3 is 2.62 bits per heavy atom.